The molecule has 1 heterocycles. The van der Waals surface area contributed by atoms with Gasteiger partial charge in [0.05, 0.1) is 18.6 Å². The minimum Gasteiger partial charge on any atom is -0.497 e. The lowest BCUT2D eigenvalue weighted by atomic mass is 10.3. The van der Waals surface area contributed by atoms with Gasteiger partial charge in [0.1, 0.15) is 17.9 Å². The number of ether oxygens (including phenoxy) is 1. The van der Waals surface area contributed by atoms with E-state index in [4.69, 9.17) is 9.84 Å². The third-order valence-electron chi connectivity index (χ3n) is 2.21. The molecule has 0 aliphatic heterocycles. The van der Waals surface area contributed by atoms with Crippen molar-refractivity contribution in [3.63, 3.8) is 0 Å². The first-order valence-electron chi connectivity index (χ1n) is 5.19. The second-order valence-electron chi connectivity index (χ2n) is 3.52. The molecule has 0 unspecified atom stereocenters. The van der Waals surface area contributed by atoms with Gasteiger partial charge in [0, 0.05) is 12.1 Å². The van der Waals surface area contributed by atoms with Gasteiger partial charge in [-0.05, 0) is 6.07 Å². The lowest BCUT2D eigenvalue weighted by molar-refractivity contribution is -0.133. The summed E-state index contributed by atoms with van der Waals surface area (Å²) in [5.41, 5.74) is 0.467. The van der Waals surface area contributed by atoms with Crippen LogP contribution < -0.4 is 4.74 Å². The molecule has 0 saturated heterocycles. The average Bonchev–Trinajstić information content (AvgIpc) is 2.83. The van der Waals surface area contributed by atoms with E-state index >= 15 is 0 Å². The predicted molar refractivity (Wildman–Crippen MR) is 66.2 cm³/mol. The molecule has 100 valence electrons. The monoisotopic (exact) mass is 283 g/mol. The Labute approximate surface area is 112 Å². The Bertz CT molecular complexity index is 603. The SMILES string of the molecule is COc1cc(F)cc(-n2cnnc2SCC(=O)O)c1. The third kappa shape index (κ3) is 3.22. The van der Waals surface area contributed by atoms with Crippen LogP contribution in [-0.4, -0.2) is 38.7 Å². The van der Waals surface area contributed by atoms with Gasteiger partial charge in [-0.2, -0.15) is 0 Å². The average molecular weight is 283 g/mol. The van der Waals surface area contributed by atoms with Crippen molar-refractivity contribution in [3.8, 4) is 11.4 Å². The number of carboxylic acids is 1. The molecule has 1 aromatic carbocycles. The molecule has 0 radical (unpaired) electrons. The zero-order valence-corrected chi connectivity index (χ0v) is 10.7. The van der Waals surface area contributed by atoms with E-state index in [9.17, 15) is 9.18 Å². The van der Waals surface area contributed by atoms with E-state index in [0.29, 0.717) is 16.6 Å². The number of methoxy groups -OCH3 is 1. The first-order valence-corrected chi connectivity index (χ1v) is 6.18. The van der Waals surface area contributed by atoms with Crippen molar-refractivity contribution >= 4 is 17.7 Å². The minimum atomic E-state index is -0.962. The Morgan fingerprint density at radius 2 is 2.32 bits per heavy atom. The van der Waals surface area contributed by atoms with Crippen molar-refractivity contribution in [2.75, 3.05) is 12.9 Å². The lowest BCUT2D eigenvalue weighted by Crippen LogP contribution is -2.02. The van der Waals surface area contributed by atoms with E-state index in [2.05, 4.69) is 10.2 Å². The molecule has 0 aliphatic rings. The number of hydrogen-bond donors (Lipinski definition) is 1. The van der Waals surface area contributed by atoms with Crippen molar-refractivity contribution < 1.29 is 19.0 Å². The highest BCUT2D eigenvalue weighted by Gasteiger charge is 2.11. The molecule has 1 aromatic heterocycles. The summed E-state index contributed by atoms with van der Waals surface area (Å²) in [5.74, 6) is -1.21. The normalized spacial score (nSPS) is 10.4. The number of nitrogens with zero attached hydrogens (tertiary/aromatic N) is 3. The maximum atomic E-state index is 13.4. The Kier molecular flexibility index (Phi) is 4.00. The van der Waals surface area contributed by atoms with Crippen LogP contribution in [0.5, 0.6) is 5.75 Å². The molecule has 6 nitrogen and oxygen atoms in total. The Balaban J connectivity index is 2.33. The fourth-order valence-electron chi connectivity index (χ4n) is 1.43. The highest BCUT2D eigenvalue weighted by atomic mass is 32.2. The zero-order chi connectivity index (χ0) is 13.8. The standard InChI is InChI=1S/C11H10FN3O3S/c1-18-9-3-7(12)2-8(4-9)15-6-13-14-11(15)19-5-10(16)17/h2-4,6H,5H2,1H3,(H,16,17). The minimum absolute atomic E-state index is 0.148. The largest absolute Gasteiger partial charge is 0.497 e. The van der Waals surface area contributed by atoms with Crippen LogP contribution in [0.15, 0.2) is 29.7 Å². The fourth-order valence-corrected chi connectivity index (χ4v) is 2.08. The van der Waals surface area contributed by atoms with Crippen molar-refractivity contribution in [3.05, 3.63) is 30.3 Å². The molecule has 2 aromatic rings. The number of halogens is 1. The van der Waals surface area contributed by atoms with Crippen molar-refractivity contribution in [1.29, 1.82) is 0 Å². The molecule has 19 heavy (non-hydrogen) atoms. The number of hydrogen-bond acceptors (Lipinski definition) is 5. The number of aromatic nitrogens is 3. The van der Waals surface area contributed by atoms with E-state index in [0.717, 1.165) is 11.8 Å². The number of carboxylic acid groups (broad SMARTS) is 1. The van der Waals surface area contributed by atoms with Gasteiger partial charge in [0.2, 0.25) is 0 Å². The summed E-state index contributed by atoms with van der Waals surface area (Å²) >= 11 is 1.00. The maximum absolute atomic E-state index is 13.4. The zero-order valence-electron chi connectivity index (χ0n) is 9.91. The Morgan fingerprint density at radius 3 is 3.00 bits per heavy atom. The molecule has 0 atom stereocenters. The third-order valence-corrected chi connectivity index (χ3v) is 3.14. The smallest absolute Gasteiger partial charge is 0.313 e. The molecule has 8 heteroatoms. The van der Waals surface area contributed by atoms with Crippen LogP contribution in [0.25, 0.3) is 5.69 Å². The number of carbonyl (C=O) groups is 1. The van der Waals surface area contributed by atoms with Gasteiger partial charge < -0.3 is 9.84 Å². The van der Waals surface area contributed by atoms with Gasteiger partial charge in [-0.1, -0.05) is 11.8 Å². The first-order chi connectivity index (χ1) is 9.10. The molecule has 0 spiro atoms. The second kappa shape index (κ2) is 5.70. The lowest BCUT2D eigenvalue weighted by Gasteiger charge is -2.07. The van der Waals surface area contributed by atoms with Gasteiger partial charge in [-0.3, -0.25) is 9.36 Å². The van der Waals surface area contributed by atoms with Gasteiger partial charge >= 0.3 is 5.97 Å². The van der Waals surface area contributed by atoms with Gasteiger partial charge in [-0.25, -0.2) is 4.39 Å². The summed E-state index contributed by atoms with van der Waals surface area (Å²) < 4.78 is 19.9. The Morgan fingerprint density at radius 1 is 1.53 bits per heavy atom. The maximum Gasteiger partial charge on any atom is 0.313 e. The van der Waals surface area contributed by atoms with Crippen LogP contribution in [0.3, 0.4) is 0 Å². The molecular weight excluding hydrogens is 273 g/mol. The predicted octanol–water partition coefficient (Wildman–Crippen LogP) is 1.59. The molecule has 0 amide bonds. The van der Waals surface area contributed by atoms with E-state index in [1.54, 1.807) is 6.07 Å². The number of benzene rings is 1. The fraction of sp³-hybridized carbons (Fsp3) is 0.182. The van der Waals surface area contributed by atoms with E-state index < -0.39 is 11.8 Å². The molecule has 0 fully saturated rings. The van der Waals surface area contributed by atoms with Crippen LogP contribution in [0.1, 0.15) is 0 Å². The van der Waals surface area contributed by atoms with Crippen molar-refractivity contribution in [2.45, 2.75) is 5.16 Å². The van der Waals surface area contributed by atoms with Crippen molar-refractivity contribution in [2.24, 2.45) is 0 Å². The number of aliphatic carboxylic acids is 1. The molecule has 1 N–H and O–H groups in total. The summed E-state index contributed by atoms with van der Waals surface area (Å²) in [6.45, 7) is 0. The van der Waals surface area contributed by atoms with E-state index in [1.165, 1.54) is 30.1 Å². The molecule has 0 bridgehead atoms. The van der Waals surface area contributed by atoms with Gasteiger partial charge in [-0.15, -0.1) is 10.2 Å². The van der Waals surface area contributed by atoms with Crippen LogP contribution >= 0.6 is 11.8 Å². The molecular formula is C11H10FN3O3S. The Hall–Kier alpha value is -2.09. The summed E-state index contributed by atoms with van der Waals surface area (Å²) in [4.78, 5) is 10.5. The van der Waals surface area contributed by atoms with Crippen molar-refractivity contribution in [1.82, 2.24) is 14.8 Å². The molecule has 0 aliphatic carbocycles. The van der Waals surface area contributed by atoms with E-state index in [1.807, 2.05) is 0 Å². The molecule has 2 rings (SSSR count). The summed E-state index contributed by atoms with van der Waals surface area (Å²) in [7, 11) is 1.44. The van der Waals surface area contributed by atoms with E-state index in [-0.39, 0.29) is 5.75 Å². The summed E-state index contributed by atoms with van der Waals surface area (Å²) in [6.07, 6.45) is 1.39. The number of thioether (sulfide) groups is 1. The summed E-state index contributed by atoms with van der Waals surface area (Å²) in [6, 6.07) is 4.14. The first kappa shape index (κ1) is 13.3. The summed E-state index contributed by atoms with van der Waals surface area (Å²) in [5, 5.41) is 16.5. The quantitative estimate of drug-likeness (QED) is 0.840. The topological polar surface area (TPSA) is 77.2 Å². The van der Waals surface area contributed by atoms with Crippen LogP contribution in [0.4, 0.5) is 4.39 Å². The van der Waals surface area contributed by atoms with Crippen LogP contribution in [0.2, 0.25) is 0 Å². The number of rotatable bonds is 5. The van der Waals surface area contributed by atoms with Gasteiger partial charge in [0.25, 0.3) is 0 Å². The van der Waals surface area contributed by atoms with Crippen LogP contribution in [0, 0.1) is 5.82 Å². The second-order valence-corrected chi connectivity index (χ2v) is 4.46. The van der Waals surface area contributed by atoms with Gasteiger partial charge in [0.15, 0.2) is 5.16 Å². The highest BCUT2D eigenvalue weighted by molar-refractivity contribution is 7.99. The highest BCUT2D eigenvalue weighted by Crippen LogP contribution is 2.23. The molecule has 0 saturated carbocycles. The van der Waals surface area contributed by atoms with Crippen LogP contribution in [-0.2, 0) is 4.79 Å².